The van der Waals surface area contributed by atoms with Gasteiger partial charge in [-0.2, -0.15) is 0 Å². The molecule has 0 saturated heterocycles. The maximum atomic E-state index is 2.55. The lowest BCUT2D eigenvalue weighted by Crippen LogP contribution is -2.39. The van der Waals surface area contributed by atoms with Crippen molar-refractivity contribution in [3.05, 3.63) is 42.7 Å². The molecule has 0 amide bonds. The van der Waals surface area contributed by atoms with Crippen molar-refractivity contribution in [1.29, 1.82) is 0 Å². The van der Waals surface area contributed by atoms with Crippen LogP contribution in [0.1, 0.15) is 78.1 Å². The molecular weight excluding hydrogens is 292 g/mol. The number of rotatable bonds is 12. The number of nitrogens with zero attached hydrogens (tertiary/aromatic N) is 2. The molecule has 1 heterocycles. The van der Waals surface area contributed by atoms with E-state index in [1.807, 2.05) is 0 Å². The molecule has 0 radical (unpaired) electrons. The van der Waals surface area contributed by atoms with Gasteiger partial charge in [-0.15, -0.1) is 0 Å². The summed E-state index contributed by atoms with van der Waals surface area (Å²) in [6, 6.07) is 10.8. The molecule has 134 valence electrons. The Hall–Kier alpha value is -1.44. The van der Waals surface area contributed by atoms with Gasteiger partial charge in [0.2, 0.25) is 0 Å². The van der Waals surface area contributed by atoms with E-state index in [4.69, 9.17) is 0 Å². The maximum Gasteiger partial charge on any atom is 0.105 e. The van der Waals surface area contributed by atoms with Crippen molar-refractivity contribution in [2.24, 2.45) is 0 Å². The Morgan fingerprint density at radius 3 is 2.12 bits per heavy atom. The van der Waals surface area contributed by atoms with Crippen LogP contribution in [0.3, 0.4) is 0 Å². The fraction of sp³-hybridized carbons (Fsp3) is 0.636. The highest BCUT2D eigenvalue weighted by Crippen LogP contribution is 2.28. The van der Waals surface area contributed by atoms with Gasteiger partial charge in [0.25, 0.3) is 0 Å². The largest absolute Gasteiger partial charge is 0.356 e. The highest BCUT2D eigenvalue weighted by Gasteiger charge is 2.26. The Morgan fingerprint density at radius 2 is 1.42 bits per heavy atom. The van der Waals surface area contributed by atoms with Gasteiger partial charge in [-0.25, -0.2) is 0 Å². The molecule has 1 unspecified atom stereocenters. The molecule has 0 aromatic heterocycles. The minimum Gasteiger partial charge on any atom is -0.356 e. The van der Waals surface area contributed by atoms with E-state index in [0.29, 0.717) is 6.17 Å². The first-order valence-electron chi connectivity index (χ1n) is 10.1. The van der Waals surface area contributed by atoms with Crippen molar-refractivity contribution in [2.75, 3.05) is 11.4 Å². The van der Waals surface area contributed by atoms with Crippen LogP contribution in [0.15, 0.2) is 42.7 Å². The fourth-order valence-electron chi connectivity index (χ4n) is 3.53. The van der Waals surface area contributed by atoms with Gasteiger partial charge >= 0.3 is 0 Å². The van der Waals surface area contributed by atoms with Crippen molar-refractivity contribution in [1.82, 2.24) is 4.90 Å². The molecule has 2 heteroatoms. The van der Waals surface area contributed by atoms with Gasteiger partial charge in [0.15, 0.2) is 0 Å². The second-order valence-corrected chi connectivity index (χ2v) is 7.02. The third-order valence-electron chi connectivity index (χ3n) is 5.01. The number of para-hydroxylation sites is 1. The van der Waals surface area contributed by atoms with E-state index in [1.54, 1.807) is 0 Å². The van der Waals surface area contributed by atoms with Crippen LogP contribution >= 0.6 is 0 Å². The molecule has 0 bridgehead atoms. The van der Waals surface area contributed by atoms with Crippen LogP contribution < -0.4 is 4.90 Å². The highest BCUT2D eigenvalue weighted by molar-refractivity contribution is 5.51. The lowest BCUT2D eigenvalue weighted by molar-refractivity contribution is 0.275. The second kappa shape index (κ2) is 11.2. The summed E-state index contributed by atoms with van der Waals surface area (Å²) in [6.45, 7) is 5.74. The fourth-order valence-corrected chi connectivity index (χ4v) is 3.53. The number of benzene rings is 1. The van der Waals surface area contributed by atoms with E-state index >= 15 is 0 Å². The Labute approximate surface area is 149 Å². The van der Waals surface area contributed by atoms with Crippen molar-refractivity contribution >= 4 is 5.69 Å². The van der Waals surface area contributed by atoms with Gasteiger partial charge < -0.3 is 9.80 Å². The third-order valence-corrected chi connectivity index (χ3v) is 5.01. The number of anilines is 1. The Morgan fingerprint density at radius 1 is 0.750 bits per heavy atom. The summed E-state index contributed by atoms with van der Waals surface area (Å²) in [5, 5.41) is 0. The molecule has 1 aromatic carbocycles. The predicted molar refractivity (Wildman–Crippen MR) is 106 cm³/mol. The number of hydrogen-bond acceptors (Lipinski definition) is 2. The maximum absolute atomic E-state index is 2.55. The van der Waals surface area contributed by atoms with Crippen LogP contribution in [-0.4, -0.2) is 17.6 Å². The lowest BCUT2D eigenvalue weighted by atomic mass is 10.1. The molecule has 0 saturated carbocycles. The summed E-state index contributed by atoms with van der Waals surface area (Å²) in [4.78, 5) is 5.01. The molecule has 0 spiro atoms. The zero-order chi connectivity index (χ0) is 17.0. The first-order chi connectivity index (χ1) is 11.9. The van der Waals surface area contributed by atoms with Crippen molar-refractivity contribution in [2.45, 2.75) is 84.2 Å². The molecule has 1 aromatic rings. The van der Waals surface area contributed by atoms with Gasteiger partial charge in [-0.1, -0.05) is 77.0 Å². The quantitative estimate of drug-likeness (QED) is 0.402. The zero-order valence-corrected chi connectivity index (χ0v) is 15.8. The molecule has 1 aliphatic heterocycles. The summed E-state index contributed by atoms with van der Waals surface area (Å²) in [6.07, 6.45) is 18.6. The summed E-state index contributed by atoms with van der Waals surface area (Å²) >= 11 is 0. The van der Waals surface area contributed by atoms with E-state index in [9.17, 15) is 0 Å². The predicted octanol–water partition coefficient (Wildman–Crippen LogP) is 6.55. The first-order valence-corrected chi connectivity index (χ1v) is 10.1. The number of hydrogen-bond donors (Lipinski definition) is 0. The summed E-state index contributed by atoms with van der Waals surface area (Å²) in [7, 11) is 0. The van der Waals surface area contributed by atoms with Crippen LogP contribution in [0.2, 0.25) is 0 Å². The van der Waals surface area contributed by atoms with Gasteiger partial charge in [0.05, 0.1) is 0 Å². The second-order valence-electron chi connectivity index (χ2n) is 7.02. The first kappa shape index (κ1) is 18.9. The molecule has 0 N–H and O–H groups in total. The Balaban J connectivity index is 1.83. The van der Waals surface area contributed by atoms with E-state index in [1.165, 1.54) is 76.4 Å². The van der Waals surface area contributed by atoms with Crippen molar-refractivity contribution in [3.8, 4) is 0 Å². The van der Waals surface area contributed by atoms with Crippen LogP contribution in [0.5, 0.6) is 0 Å². The average Bonchev–Trinajstić information content (AvgIpc) is 3.02. The molecule has 1 atom stereocenters. The van der Waals surface area contributed by atoms with Crippen molar-refractivity contribution < 1.29 is 0 Å². The van der Waals surface area contributed by atoms with Crippen LogP contribution in [-0.2, 0) is 0 Å². The van der Waals surface area contributed by atoms with Crippen LogP contribution in [0.4, 0.5) is 5.69 Å². The minimum atomic E-state index is 0.509. The van der Waals surface area contributed by atoms with E-state index in [0.717, 1.165) is 0 Å². The SMILES string of the molecule is CCCCCCCCCC1N(CCCC)C=CN1c1ccccc1. The normalized spacial score (nSPS) is 17.0. The van der Waals surface area contributed by atoms with E-state index < -0.39 is 0 Å². The zero-order valence-electron chi connectivity index (χ0n) is 15.8. The van der Waals surface area contributed by atoms with Gasteiger partial charge in [-0.05, 0) is 31.4 Å². The van der Waals surface area contributed by atoms with Gasteiger partial charge in [-0.3, -0.25) is 0 Å². The summed E-state index contributed by atoms with van der Waals surface area (Å²) in [5.41, 5.74) is 1.32. The monoisotopic (exact) mass is 328 g/mol. The standard InChI is InChI=1S/C22H36N2/c1-3-5-7-8-9-10-14-17-22-23(18-6-4-2)19-20-24(22)21-15-12-11-13-16-21/h11-13,15-16,19-20,22H,3-10,14,17-18H2,1-2H3. The van der Waals surface area contributed by atoms with E-state index in [-0.39, 0.29) is 0 Å². The Bertz CT molecular complexity index is 454. The minimum absolute atomic E-state index is 0.509. The van der Waals surface area contributed by atoms with Gasteiger partial charge in [0, 0.05) is 24.6 Å². The topological polar surface area (TPSA) is 6.48 Å². The van der Waals surface area contributed by atoms with Gasteiger partial charge in [0.1, 0.15) is 6.17 Å². The molecule has 2 nitrogen and oxygen atoms in total. The average molecular weight is 329 g/mol. The molecule has 24 heavy (non-hydrogen) atoms. The lowest BCUT2D eigenvalue weighted by Gasteiger charge is -2.33. The summed E-state index contributed by atoms with van der Waals surface area (Å²) < 4.78 is 0. The van der Waals surface area contributed by atoms with Crippen molar-refractivity contribution in [3.63, 3.8) is 0 Å². The van der Waals surface area contributed by atoms with Crippen LogP contribution in [0, 0.1) is 0 Å². The Kier molecular flexibility index (Phi) is 8.80. The third kappa shape index (κ3) is 5.89. The van der Waals surface area contributed by atoms with E-state index in [2.05, 4.69) is 66.4 Å². The molecule has 0 aliphatic carbocycles. The highest BCUT2D eigenvalue weighted by atomic mass is 15.4. The number of unbranched alkanes of at least 4 members (excludes halogenated alkanes) is 7. The summed E-state index contributed by atoms with van der Waals surface area (Å²) in [5.74, 6) is 0. The molecule has 0 fully saturated rings. The molecule has 1 aliphatic rings. The van der Waals surface area contributed by atoms with Crippen LogP contribution in [0.25, 0.3) is 0 Å². The molecule has 2 rings (SSSR count). The smallest absolute Gasteiger partial charge is 0.105 e. The molecular formula is C22H36N2.